The Labute approximate surface area is 113 Å². The third-order valence-corrected chi connectivity index (χ3v) is 3.10. The first-order chi connectivity index (χ1) is 9.31. The van der Waals surface area contributed by atoms with Crippen LogP contribution in [0.5, 0.6) is 0 Å². The third kappa shape index (κ3) is 3.91. The molecule has 0 saturated carbocycles. The van der Waals surface area contributed by atoms with E-state index in [2.05, 4.69) is 17.2 Å². The molecule has 0 radical (unpaired) electrons. The Kier molecular flexibility index (Phi) is 5.12. The van der Waals surface area contributed by atoms with Crippen LogP contribution in [0.3, 0.4) is 0 Å². The van der Waals surface area contributed by atoms with E-state index in [-0.39, 0.29) is 5.91 Å². The summed E-state index contributed by atoms with van der Waals surface area (Å²) in [6, 6.07) is 5.85. The molecule has 1 aromatic carbocycles. The molecule has 2 rings (SSSR count). The Hall–Kier alpha value is -1.65. The van der Waals surface area contributed by atoms with E-state index in [4.69, 9.17) is 4.74 Å². The molecule has 0 aliphatic carbocycles. The molecule has 0 unspecified atom stereocenters. The van der Waals surface area contributed by atoms with Gasteiger partial charge in [-0.05, 0) is 29.7 Å². The van der Waals surface area contributed by atoms with Gasteiger partial charge in [-0.15, -0.1) is 6.58 Å². The number of nitrogens with one attached hydrogen (secondary N) is 2. The molecule has 1 aromatic rings. The smallest absolute Gasteiger partial charge is 0.251 e. The van der Waals surface area contributed by atoms with Crippen LogP contribution in [-0.4, -0.2) is 25.7 Å². The van der Waals surface area contributed by atoms with E-state index in [1.807, 2.05) is 24.3 Å². The molecule has 2 N–H and O–H groups in total. The van der Waals surface area contributed by atoms with Crippen LogP contribution in [-0.2, 0) is 17.8 Å². The summed E-state index contributed by atoms with van der Waals surface area (Å²) < 4.78 is 5.34. The molecule has 0 aromatic heterocycles. The molecule has 0 saturated heterocycles. The number of fused-ring (bicyclic) bond motifs is 1. The molecule has 0 atom stereocenters. The number of carbonyl (C=O) groups excluding carboxylic acids is 1. The van der Waals surface area contributed by atoms with Gasteiger partial charge in [-0.2, -0.15) is 0 Å². The largest absolute Gasteiger partial charge is 0.379 e. The molecular formula is C15H20N2O2. The zero-order valence-corrected chi connectivity index (χ0v) is 11.1. The Bertz CT molecular complexity index is 457. The summed E-state index contributed by atoms with van der Waals surface area (Å²) in [6.07, 6.45) is 2.66. The van der Waals surface area contributed by atoms with E-state index in [0.29, 0.717) is 25.3 Å². The maximum atomic E-state index is 11.9. The molecule has 0 fully saturated rings. The van der Waals surface area contributed by atoms with Crippen LogP contribution in [0.4, 0.5) is 0 Å². The predicted molar refractivity (Wildman–Crippen MR) is 75.0 cm³/mol. The zero-order valence-electron chi connectivity index (χ0n) is 11.1. The Morgan fingerprint density at radius 1 is 1.37 bits per heavy atom. The lowest BCUT2D eigenvalue weighted by molar-refractivity contribution is 0.0918. The summed E-state index contributed by atoms with van der Waals surface area (Å²) in [5, 5.41) is 6.12. The van der Waals surface area contributed by atoms with Crippen molar-refractivity contribution in [1.29, 1.82) is 0 Å². The fourth-order valence-electron chi connectivity index (χ4n) is 2.04. The minimum Gasteiger partial charge on any atom is -0.379 e. The van der Waals surface area contributed by atoms with Crippen molar-refractivity contribution in [3.05, 3.63) is 47.5 Å². The van der Waals surface area contributed by atoms with Crippen LogP contribution in [0.2, 0.25) is 0 Å². The van der Waals surface area contributed by atoms with Gasteiger partial charge in [-0.1, -0.05) is 12.1 Å². The van der Waals surface area contributed by atoms with Crippen LogP contribution >= 0.6 is 0 Å². The maximum Gasteiger partial charge on any atom is 0.251 e. The Morgan fingerprint density at radius 2 is 2.21 bits per heavy atom. The van der Waals surface area contributed by atoms with Crippen molar-refractivity contribution in [2.45, 2.75) is 19.5 Å². The molecular weight excluding hydrogens is 240 g/mol. The molecule has 1 aliphatic rings. The lowest BCUT2D eigenvalue weighted by Gasteiger charge is -2.07. The maximum absolute atomic E-state index is 11.9. The monoisotopic (exact) mass is 260 g/mol. The quantitative estimate of drug-likeness (QED) is 0.578. The second-order valence-electron chi connectivity index (χ2n) is 4.53. The van der Waals surface area contributed by atoms with Crippen molar-refractivity contribution >= 4 is 5.91 Å². The molecule has 0 bridgehead atoms. The average Bonchev–Trinajstić information content (AvgIpc) is 2.89. The van der Waals surface area contributed by atoms with Crippen LogP contribution in [0.1, 0.15) is 27.9 Å². The fourth-order valence-corrected chi connectivity index (χ4v) is 2.04. The summed E-state index contributed by atoms with van der Waals surface area (Å²) in [6.45, 7) is 7.09. The van der Waals surface area contributed by atoms with Crippen molar-refractivity contribution in [3.8, 4) is 0 Å². The topological polar surface area (TPSA) is 50.4 Å². The van der Waals surface area contributed by atoms with Gasteiger partial charge in [0, 0.05) is 25.2 Å². The highest BCUT2D eigenvalue weighted by Gasteiger charge is 2.12. The van der Waals surface area contributed by atoms with Gasteiger partial charge in [0.05, 0.1) is 13.2 Å². The van der Waals surface area contributed by atoms with Gasteiger partial charge in [0.1, 0.15) is 0 Å². The van der Waals surface area contributed by atoms with Crippen molar-refractivity contribution in [1.82, 2.24) is 10.6 Å². The summed E-state index contributed by atoms with van der Waals surface area (Å²) in [4.78, 5) is 11.9. The van der Waals surface area contributed by atoms with E-state index in [9.17, 15) is 4.79 Å². The molecule has 1 heterocycles. The molecule has 1 aliphatic heterocycles. The van der Waals surface area contributed by atoms with Gasteiger partial charge in [-0.25, -0.2) is 0 Å². The van der Waals surface area contributed by atoms with E-state index in [1.54, 1.807) is 0 Å². The number of amides is 1. The molecule has 102 valence electrons. The van der Waals surface area contributed by atoms with Gasteiger partial charge in [0.2, 0.25) is 0 Å². The number of hydrogen-bond donors (Lipinski definition) is 2. The first-order valence-corrected chi connectivity index (χ1v) is 6.60. The van der Waals surface area contributed by atoms with E-state index < -0.39 is 0 Å². The SMILES string of the molecule is C=CCCOCCNC(=O)c1ccc2c(c1)CNC2. The highest BCUT2D eigenvalue weighted by molar-refractivity contribution is 5.94. The fraction of sp³-hybridized carbons (Fsp3) is 0.400. The number of benzene rings is 1. The minimum absolute atomic E-state index is 0.0398. The molecule has 19 heavy (non-hydrogen) atoms. The number of ether oxygens (including phenoxy) is 1. The molecule has 4 heteroatoms. The van der Waals surface area contributed by atoms with Crippen molar-refractivity contribution in [2.75, 3.05) is 19.8 Å². The summed E-state index contributed by atoms with van der Waals surface area (Å²) in [7, 11) is 0. The van der Waals surface area contributed by atoms with Crippen molar-refractivity contribution in [2.24, 2.45) is 0 Å². The predicted octanol–water partition coefficient (Wildman–Crippen LogP) is 1.61. The minimum atomic E-state index is -0.0398. The lowest BCUT2D eigenvalue weighted by atomic mass is 10.1. The van der Waals surface area contributed by atoms with Gasteiger partial charge < -0.3 is 15.4 Å². The van der Waals surface area contributed by atoms with Crippen molar-refractivity contribution in [3.63, 3.8) is 0 Å². The highest BCUT2D eigenvalue weighted by atomic mass is 16.5. The standard InChI is InChI=1S/C15H20N2O2/c1-2-3-7-19-8-6-17-15(18)12-4-5-13-10-16-11-14(13)9-12/h2,4-5,9,16H,1,3,6-8,10-11H2,(H,17,18). The highest BCUT2D eigenvalue weighted by Crippen LogP contribution is 2.16. The Balaban J connectivity index is 1.75. The van der Waals surface area contributed by atoms with Crippen LogP contribution < -0.4 is 10.6 Å². The number of carbonyl (C=O) groups is 1. The first kappa shape index (κ1) is 13.8. The Morgan fingerprint density at radius 3 is 3.05 bits per heavy atom. The molecule has 1 amide bonds. The lowest BCUT2D eigenvalue weighted by Crippen LogP contribution is -2.27. The van der Waals surface area contributed by atoms with Crippen LogP contribution in [0.25, 0.3) is 0 Å². The van der Waals surface area contributed by atoms with Crippen LogP contribution in [0, 0.1) is 0 Å². The van der Waals surface area contributed by atoms with E-state index in [0.717, 1.165) is 19.5 Å². The first-order valence-electron chi connectivity index (χ1n) is 6.60. The van der Waals surface area contributed by atoms with Gasteiger partial charge in [0.15, 0.2) is 0 Å². The average molecular weight is 260 g/mol. The molecule has 0 spiro atoms. The number of rotatable bonds is 7. The second kappa shape index (κ2) is 7.07. The third-order valence-electron chi connectivity index (χ3n) is 3.10. The second-order valence-corrected chi connectivity index (χ2v) is 4.53. The van der Waals surface area contributed by atoms with E-state index >= 15 is 0 Å². The summed E-state index contributed by atoms with van der Waals surface area (Å²) >= 11 is 0. The zero-order chi connectivity index (χ0) is 13.5. The summed E-state index contributed by atoms with van der Waals surface area (Å²) in [5.74, 6) is -0.0398. The van der Waals surface area contributed by atoms with Gasteiger partial charge in [-0.3, -0.25) is 4.79 Å². The van der Waals surface area contributed by atoms with Gasteiger partial charge >= 0.3 is 0 Å². The van der Waals surface area contributed by atoms with E-state index in [1.165, 1.54) is 11.1 Å². The molecule has 4 nitrogen and oxygen atoms in total. The van der Waals surface area contributed by atoms with Crippen LogP contribution in [0.15, 0.2) is 30.9 Å². The van der Waals surface area contributed by atoms with Gasteiger partial charge in [0.25, 0.3) is 5.91 Å². The normalized spacial score (nSPS) is 13.1. The number of hydrogen-bond acceptors (Lipinski definition) is 3. The summed E-state index contributed by atoms with van der Waals surface area (Å²) in [5.41, 5.74) is 3.22. The van der Waals surface area contributed by atoms with Crippen molar-refractivity contribution < 1.29 is 9.53 Å².